The Labute approximate surface area is 289 Å². The van der Waals surface area contributed by atoms with Gasteiger partial charge < -0.3 is 20.7 Å². The lowest BCUT2D eigenvalue weighted by Crippen LogP contribution is -2.37. The van der Waals surface area contributed by atoms with Crippen LogP contribution in [-0.2, 0) is 27.4 Å². The first kappa shape index (κ1) is 36.3. The van der Waals surface area contributed by atoms with E-state index in [2.05, 4.69) is 21.0 Å². The average molecular weight is 724 g/mol. The van der Waals surface area contributed by atoms with Gasteiger partial charge in [0.25, 0.3) is 11.8 Å². The van der Waals surface area contributed by atoms with E-state index in [1.54, 1.807) is 30.3 Å². The molecular formula is C35H29F4N5O6S. The highest BCUT2D eigenvalue weighted by atomic mass is 32.2. The zero-order chi connectivity index (χ0) is 36.9. The molecule has 3 amide bonds. The number of sulfone groups is 1. The van der Waals surface area contributed by atoms with Crippen LogP contribution < -0.4 is 20.7 Å². The predicted octanol–water partition coefficient (Wildman–Crippen LogP) is 5.41. The molecular weight excluding hydrogens is 694 g/mol. The van der Waals surface area contributed by atoms with Crippen LogP contribution in [0.25, 0.3) is 16.8 Å². The number of rotatable bonds is 11. The van der Waals surface area contributed by atoms with E-state index >= 15 is 4.39 Å². The fourth-order valence-electron chi connectivity index (χ4n) is 4.99. The summed E-state index contributed by atoms with van der Waals surface area (Å²) in [5.74, 6) is -3.55. The van der Waals surface area contributed by atoms with Gasteiger partial charge in [-0.2, -0.15) is 18.3 Å². The van der Waals surface area contributed by atoms with E-state index in [0.29, 0.717) is 10.7 Å². The molecule has 0 radical (unpaired) electrons. The van der Waals surface area contributed by atoms with Crippen LogP contribution in [0.15, 0.2) is 102 Å². The van der Waals surface area contributed by atoms with Crippen molar-refractivity contribution < 1.29 is 45.1 Å². The maximum Gasteiger partial charge on any atom is 0.435 e. The molecule has 0 fully saturated rings. The maximum atomic E-state index is 15.3. The summed E-state index contributed by atoms with van der Waals surface area (Å²) in [5, 5.41) is 10.8. The minimum atomic E-state index is -5.02. The van der Waals surface area contributed by atoms with E-state index in [4.69, 9.17) is 4.74 Å². The third-order valence-corrected chi connectivity index (χ3v) is 8.62. The molecule has 5 aromatic rings. The summed E-state index contributed by atoms with van der Waals surface area (Å²) < 4.78 is 87.3. The zero-order valence-electron chi connectivity index (χ0n) is 26.9. The molecule has 0 atom stereocenters. The third kappa shape index (κ3) is 8.59. The van der Waals surface area contributed by atoms with Crippen LogP contribution in [0.1, 0.15) is 32.1 Å². The van der Waals surface area contributed by atoms with Gasteiger partial charge in [0.2, 0.25) is 5.91 Å². The number of halogens is 4. The summed E-state index contributed by atoms with van der Waals surface area (Å²) in [7, 11) is -2.39. The number of aromatic nitrogens is 2. The van der Waals surface area contributed by atoms with Crippen LogP contribution in [0.3, 0.4) is 0 Å². The second kappa shape index (κ2) is 14.8. The van der Waals surface area contributed by atoms with Crippen molar-refractivity contribution in [3.8, 4) is 22.6 Å². The molecule has 1 heterocycles. The number of amides is 3. The lowest BCUT2D eigenvalue weighted by Gasteiger charge is -2.15. The van der Waals surface area contributed by atoms with Crippen molar-refractivity contribution >= 4 is 33.2 Å². The average Bonchev–Trinajstić information content (AvgIpc) is 3.57. The third-order valence-electron chi connectivity index (χ3n) is 7.47. The van der Waals surface area contributed by atoms with Crippen LogP contribution in [0.2, 0.25) is 0 Å². The zero-order valence-corrected chi connectivity index (χ0v) is 27.7. The number of hydrogen-bond donors (Lipinski definition) is 3. The Balaban J connectivity index is 1.44. The maximum absolute atomic E-state index is 15.3. The number of nitrogens with zero attached hydrogens (tertiary/aromatic N) is 2. The summed E-state index contributed by atoms with van der Waals surface area (Å²) in [6.45, 7) is -0.310. The Hall–Kier alpha value is -6.03. The highest BCUT2D eigenvalue weighted by Gasteiger charge is 2.37. The first-order chi connectivity index (χ1) is 24.2. The summed E-state index contributed by atoms with van der Waals surface area (Å²) in [4.78, 5) is 39.2. The Morgan fingerprint density at radius 1 is 0.863 bits per heavy atom. The smallest absolute Gasteiger partial charge is 0.435 e. The van der Waals surface area contributed by atoms with E-state index in [0.717, 1.165) is 24.0 Å². The lowest BCUT2D eigenvalue weighted by molar-refractivity contribution is -0.141. The molecule has 0 aliphatic carbocycles. The molecule has 16 heteroatoms. The number of alkyl halides is 3. The van der Waals surface area contributed by atoms with Gasteiger partial charge in [-0.1, -0.05) is 54.6 Å². The summed E-state index contributed by atoms with van der Waals surface area (Å²) in [6.07, 6.45) is -4.02. The molecule has 264 valence electrons. The number of carbonyl (C=O) groups is 3. The van der Waals surface area contributed by atoms with Crippen molar-refractivity contribution in [2.45, 2.75) is 17.6 Å². The van der Waals surface area contributed by atoms with Gasteiger partial charge in [-0.3, -0.25) is 14.4 Å². The molecule has 3 N–H and O–H groups in total. The predicted molar refractivity (Wildman–Crippen MR) is 179 cm³/mol. The standard InChI is InChI=1S/C35H29F4N5O6S/c1-50-23-13-15-28(25(17-23)33(46)41-20-32(45)40-19-21-8-4-3-5-9-21)44-29(18-31(43-44)35(37,38)39)34(47)42-27-14-12-22(16-26(27)36)24-10-6-7-11-30(24)51(2,48)49/h3-18H,19-20H2,1-2H3,(H,40,45)(H,41,46)(H,42,47). The second-order valence-electron chi connectivity index (χ2n) is 11.1. The molecule has 0 aliphatic heterocycles. The van der Waals surface area contributed by atoms with E-state index in [1.807, 2.05) is 6.07 Å². The molecule has 0 aliphatic rings. The minimum absolute atomic E-state index is 0.0584. The molecule has 11 nitrogen and oxygen atoms in total. The Kier molecular flexibility index (Phi) is 10.5. The van der Waals surface area contributed by atoms with Crippen LogP contribution in [-0.4, -0.2) is 55.8 Å². The van der Waals surface area contributed by atoms with E-state index in [1.165, 1.54) is 49.6 Å². The van der Waals surface area contributed by atoms with Crippen molar-refractivity contribution in [1.29, 1.82) is 0 Å². The van der Waals surface area contributed by atoms with Crippen molar-refractivity contribution in [2.24, 2.45) is 0 Å². The van der Waals surface area contributed by atoms with Gasteiger partial charge in [0.15, 0.2) is 15.5 Å². The van der Waals surface area contributed by atoms with Crippen LogP contribution in [0.5, 0.6) is 5.75 Å². The molecule has 0 saturated carbocycles. The molecule has 0 bridgehead atoms. The number of ether oxygens (including phenoxy) is 1. The summed E-state index contributed by atoms with van der Waals surface area (Å²) in [5.41, 5.74) is -2.04. The monoisotopic (exact) mass is 723 g/mol. The number of nitrogens with one attached hydrogen (secondary N) is 3. The Morgan fingerprint density at radius 2 is 1.57 bits per heavy atom. The highest BCUT2D eigenvalue weighted by molar-refractivity contribution is 7.90. The molecule has 4 aromatic carbocycles. The fourth-order valence-corrected chi connectivity index (χ4v) is 5.90. The van der Waals surface area contributed by atoms with Crippen molar-refractivity contribution in [2.75, 3.05) is 25.2 Å². The minimum Gasteiger partial charge on any atom is -0.497 e. The molecule has 1 aromatic heterocycles. The van der Waals surface area contributed by atoms with Gasteiger partial charge in [0.1, 0.15) is 17.3 Å². The normalized spacial score (nSPS) is 11.5. The fraction of sp³-hybridized carbons (Fsp3) is 0.143. The van der Waals surface area contributed by atoms with Gasteiger partial charge >= 0.3 is 6.18 Å². The first-order valence-corrected chi connectivity index (χ1v) is 16.9. The van der Waals surface area contributed by atoms with E-state index in [-0.39, 0.29) is 39.6 Å². The van der Waals surface area contributed by atoms with Crippen molar-refractivity contribution in [3.05, 3.63) is 125 Å². The number of methoxy groups -OCH3 is 1. The molecule has 0 saturated heterocycles. The van der Waals surface area contributed by atoms with Gasteiger partial charge in [-0.05, 0) is 47.5 Å². The molecule has 51 heavy (non-hydrogen) atoms. The van der Waals surface area contributed by atoms with Crippen LogP contribution in [0, 0.1) is 5.82 Å². The SMILES string of the molecule is COc1ccc(-n2nc(C(F)(F)F)cc2C(=O)Nc2ccc(-c3ccccc3S(C)(=O)=O)cc2F)c(C(=O)NCC(=O)NCc2ccccc2)c1. The molecule has 0 unspecified atom stereocenters. The summed E-state index contributed by atoms with van der Waals surface area (Å²) in [6, 6.07) is 22.4. The quantitative estimate of drug-likeness (QED) is 0.155. The van der Waals surface area contributed by atoms with Gasteiger partial charge in [0.05, 0.1) is 35.5 Å². The number of hydrogen-bond acceptors (Lipinski definition) is 7. The largest absolute Gasteiger partial charge is 0.497 e. The van der Waals surface area contributed by atoms with Gasteiger partial charge in [-0.25, -0.2) is 17.5 Å². The van der Waals surface area contributed by atoms with Crippen molar-refractivity contribution in [1.82, 2.24) is 20.4 Å². The summed E-state index contributed by atoms with van der Waals surface area (Å²) >= 11 is 0. The van der Waals surface area contributed by atoms with Crippen molar-refractivity contribution in [3.63, 3.8) is 0 Å². The van der Waals surface area contributed by atoms with Gasteiger partial charge in [0, 0.05) is 24.4 Å². The molecule has 5 rings (SSSR count). The molecule has 0 spiro atoms. The van der Waals surface area contributed by atoms with Gasteiger partial charge in [-0.15, -0.1) is 0 Å². The number of anilines is 1. The topological polar surface area (TPSA) is 148 Å². The van der Waals surface area contributed by atoms with Crippen LogP contribution in [0.4, 0.5) is 23.2 Å². The van der Waals surface area contributed by atoms with E-state index in [9.17, 15) is 36.0 Å². The van der Waals surface area contributed by atoms with Crippen LogP contribution >= 0.6 is 0 Å². The Morgan fingerprint density at radius 3 is 2.24 bits per heavy atom. The highest BCUT2D eigenvalue weighted by Crippen LogP contribution is 2.33. The second-order valence-corrected chi connectivity index (χ2v) is 13.1. The number of benzene rings is 4. The lowest BCUT2D eigenvalue weighted by atomic mass is 10.0. The number of carbonyl (C=O) groups excluding carboxylic acids is 3. The Bertz CT molecular complexity index is 2220. The first-order valence-electron chi connectivity index (χ1n) is 15.0. The van der Waals surface area contributed by atoms with E-state index < -0.39 is 63.2 Å².